The molecule has 19 heavy (non-hydrogen) atoms. The second kappa shape index (κ2) is 7.06. The highest BCUT2D eigenvalue weighted by Gasteiger charge is 2.18. The lowest BCUT2D eigenvalue weighted by molar-refractivity contribution is 0.171. The maximum absolute atomic E-state index is 5.80. The SMILES string of the molecule is CC(C)Cc1ccc(CN2CCCC(CN)C2)cc1. The molecule has 0 saturated carbocycles. The van der Waals surface area contributed by atoms with Crippen molar-refractivity contribution < 1.29 is 0 Å². The Morgan fingerprint density at radius 3 is 2.53 bits per heavy atom. The number of hydrogen-bond acceptors (Lipinski definition) is 2. The zero-order valence-corrected chi connectivity index (χ0v) is 12.4. The second-order valence-corrected chi connectivity index (χ2v) is 6.39. The molecule has 1 heterocycles. The summed E-state index contributed by atoms with van der Waals surface area (Å²) in [5.74, 6) is 1.44. The third-order valence-electron chi connectivity index (χ3n) is 4.01. The molecule has 1 fully saturated rings. The maximum Gasteiger partial charge on any atom is 0.0233 e. The van der Waals surface area contributed by atoms with Gasteiger partial charge < -0.3 is 5.73 Å². The molecular weight excluding hydrogens is 232 g/mol. The number of nitrogens with zero attached hydrogens (tertiary/aromatic N) is 1. The van der Waals surface area contributed by atoms with E-state index in [1.807, 2.05) is 0 Å². The standard InChI is InChI=1S/C17H28N2/c1-14(2)10-15-5-7-16(8-6-15)12-19-9-3-4-17(11-18)13-19/h5-8,14,17H,3-4,9-13,18H2,1-2H3. The highest BCUT2D eigenvalue weighted by Crippen LogP contribution is 2.18. The lowest BCUT2D eigenvalue weighted by Crippen LogP contribution is -2.37. The molecule has 1 saturated heterocycles. The fraction of sp³-hybridized carbons (Fsp3) is 0.647. The van der Waals surface area contributed by atoms with Crippen LogP contribution in [0, 0.1) is 11.8 Å². The Kier molecular flexibility index (Phi) is 5.41. The lowest BCUT2D eigenvalue weighted by atomic mass is 9.97. The van der Waals surface area contributed by atoms with E-state index < -0.39 is 0 Å². The number of rotatable bonds is 5. The van der Waals surface area contributed by atoms with Crippen molar-refractivity contribution in [3.63, 3.8) is 0 Å². The molecule has 0 radical (unpaired) electrons. The first-order chi connectivity index (χ1) is 9.17. The van der Waals surface area contributed by atoms with Crippen molar-refractivity contribution in [3.8, 4) is 0 Å². The zero-order chi connectivity index (χ0) is 13.7. The van der Waals surface area contributed by atoms with Crippen LogP contribution >= 0.6 is 0 Å². The minimum atomic E-state index is 0.703. The summed E-state index contributed by atoms with van der Waals surface area (Å²) in [6.45, 7) is 8.86. The Bertz CT molecular complexity index is 369. The molecule has 2 heteroatoms. The van der Waals surface area contributed by atoms with Gasteiger partial charge in [-0.05, 0) is 55.3 Å². The molecular formula is C17H28N2. The van der Waals surface area contributed by atoms with E-state index in [-0.39, 0.29) is 0 Å². The average Bonchev–Trinajstić information content (AvgIpc) is 2.41. The predicted octanol–water partition coefficient (Wildman–Crippen LogP) is 3.06. The Labute approximate surface area is 118 Å². The number of piperidine rings is 1. The van der Waals surface area contributed by atoms with Crippen LogP contribution in [-0.4, -0.2) is 24.5 Å². The first-order valence-electron chi connectivity index (χ1n) is 7.67. The Hall–Kier alpha value is -0.860. The van der Waals surface area contributed by atoms with E-state index >= 15 is 0 Å². The van der Waals surface area contributed by atoms with E-state index in [1.165, 1.54) is 43.5 Å². The third-order valence-corrected chi connectivity index (χ3v) is 4.01. The fourth-order valence-electron chi connectivity index (χ4n) is 3.00. The van der Waals surface area contributed by atoms with Crippen molar-refractivity contribution in [2.45, 2.75) is 39.7 Å². The minimum absolute atomic E-state index is 0.703. The zero-order valence-electron chi connectivity index (χ0n) is 12.4. The van der Waals surface area contributed by atoms with Gasteiger partial charge >= 0.3 is 0 Å². The van der Waals surface area contributed by atoms with Crippen LogP contribution < -0.4 is 5.73 Å². The maximum atomic E-state index is 5.80. The Balaban J connectivity index is 1.88. The van der Waals surface area contributed by atoms with E-state index in [1.54, 1.807) is 0 Å². The quantitative estimate of drug-likeness (QED) is 0.881. The van der Waals surface area contributed by atoms with Gasteiger partial charge in [0.1, 0.15) is 0 Å². The van der Waals surface area contributed by atoms with E-state index in [0.717, 1.165) is 19.0 Å². The fourth-order valence-corrected chi connectivity index (χ4v) is 3.00. The molecule has 1 aliphatic heterocycles. The third kappa shape index (κ3) is 4.63. The van der Waals surface area contributed by atoms with Crippen molar-refractivity contribution in [1.82, 2.24) is 4.90 Å². The van der Waals surface area contributed by atoms with Gasteiger partial charge in [-0.3, -0.25) is 4.90 Å². The van der Waals surface area contributed by atoms with Crippen LogP contribution in [0.15, 0.2) is 24.3 Å². The molecule has 106 valence electrons. The summed E-state index contributed by atoms with van der Waals surface area (Å²) in [6.07, 6.45) is 3.78. The van der Waals surface area contributed by atoms with Crippen LogP contribution in [0.2, 0.25) is 0 Å². The molecule has 1 aromatic carbocycles. The summed E-state index contributed by atoms with van der Waals surface area (Å²) in [4.78, 5) is 2.55. The average molecular weight is 260 g/mol. The first-order valence-corrected chi connectivity index (χ1v) is 7.67. The molecule has 1 aliphatic rings. The van der Waals surface area contributed by atoms with Crippen LogP contribution in [0.5, 0.6) is 0 Å². The van der Waals surface area contributed by atoms with Crippen molar-refractivity contribution in [2.75, 3.05) is 19.6 Å². The molecule has 0 aliphatic carbocycles. The molecule has 1 atom stereocenters. The van der Waals surface area contributed by atoms with E-state index in [4.69, 9.17) is 5.73 Å². The molecule has 0 aromatic heterocycles. The highest BCUT2D eigenvalue weighted by atomic mass is 15.1. The number of hydrogen-bond donors (Lipinski definition) is 1. The summed E-state index contributed by atoms with van der Waals surface area (Å²) in [7, 11) is 0. The monoisotopic (exact) mass is 260 g/mol. The van der Waals surface area contributed by atoms with Crippen LogP contribution in [0.3, 0.4) is 0 Å². The molecule has 1 unspecified atom stereocenters. The Morgan fingerprint density at radius 1 is 1.21 bits per heavy atom. The van der Waals surface area contributed by atoms with Crippen molar-refractivity contribution in [1.29, 1.82) is 0 Å². The summed E-state index contributed by atoms with van der Waals surface area (Å²) >= 11 is 0. The van der Waals surface area contributed by atoms with Gasteiger partial charge in [-0.15, -0.1) is 0 Å². The summed E-state index contributed by atoms with van der Waals surface area (Å²) in [5.41, 5.74) is 8.69. The lowest BCUT2D eigenvalue weighted by Gasteiger charge is -2.32. The van der Waals surface area contributed by atoms with Gasteiger partial charge in [0.05, 0.1) is 0 Å². The predicted molar refractivity (Wildman–Crippen MR) is 82.0 cm³/mol. The molecule has 0 spiro atoms. The molecule has 2 rings (SSSR count). The van der Waals surface area contributed by atoms with Crippen LogP contribution in [0.25, 0.3) is 0 Å². The summed E-state index contributed by atoms with van der Waals surface area (Å²) in [5, 5.41) is 0. The second-order valence-electron chi connectivity index (χ2n) is 6.39. The summed E-state index contributed by atoms with van der Waals surface area (Å²) in [6, 6.07) is 9.17. The van der Waals surface area contributed by atoms with Crippen LogP contribution in [-0.2, 0) is 13.0 Å². The van der Waals surface area contributed by atoms with Crippen molar-refractivity contribution in [2.24, 2.45) is 17.6 Å². The van der Waals surface area contributed by atoms with Gasteiger partial charge in [-0.2, -0.15) is 0 Å². The van der Waals surface area contributed by atoms with E-state index in [2.05, 4.69) is 43.0 Å². The van der Waals surface area contributed by atoms with E-state index in [0.29, 0.717) is 5.92 Å². The topological polar surface area (TPSA) is 29.3 Å². The summed E-state index contributed by atoms with van der Waals surface area (Å²) < 4.78 is 0. The van der Waals surface area contributed by atoms with Gasteiger partial charge in [0.15, 0.2) is 0 Å². The Morgan fingerprint density at radius 2 is 1.89 bits per heavy atom. The van der Waals surface area contributed by atoms with Gasteiger partial charge in [0, 0.05) is 13.1 Å². The normalized spacial score (nSPS) is 20.9. The van der Waals surface area contributed by atoms with Gasteiger partial charge in [0.25, 0.3) is 0 Å². The number of nitrogens with two attached hydrogens (primary N) is 1. The largest absolute Gasteiger partial charge is 0.330 e. The highest BCUT2D eigenvalue weighted by molar-refractivity contribution is 5.22. The molecule has 0 amide bonds. The first kappa shape index (κ1) is 14.5. The van der Waals surface area contributed by atoms with Gasteiger partial charge in [-0.25, -0.2) is 0 Å². The van der Waals surface area contributed by atoms with Crippen molar-refractivity contribution in [3.05, 3.63) is 35.4 Å². The van der Waals surface area contributed by atoms with Gasteiger partial charge in [-0.1, -0.05) is 38.1 Å². The molecule has 1 aromatic rings. The number of benzene rings is 1. The van der Waals surface area contributed by atoms with Crippen LogP contribution in [0.1, 0.15) is 37.8 Å². The van der Waals surface area contributed by atoms with E-state index in [9.17, 15) is 0 Å². The minimum Gasteiger partial charge on any atom is -0.330 e. The molecule has 2 N–H and O–H groups in total. The number of likely N-dealkylation sites (tertiary alicyclic amines) is 1. The van der Waals surface area contributed by atoms with Crippen molar-refractivity contribution >= 4 is 0 Å². The smallest absolute Gasteiger partial charge is 0.0233 e. The van der Waals surface area contributed by atoms with Gasteiger partial charge in [0.2, 0.25) is 0 Å². The molecule has 0 bridgehead atoms. The molecule has 2 nitrogen and oxygen atoms in total. The van der Waals surface area contributed by atoms with Crippen LogP contribution in [0.4, 0.5) is 0 Å².